The summed E-state index contributed by atoms with van der Waals surface area (Å²) in [5.41, 5.74) is 2.42. The minimum absolute atomic E-state index is 0.163. The van der Waals surface area contributed by atoms with Crippen molar-refractivity contribution in [2.75, 3.05) is 43.7 Å². The van der Waals surface area contributed by atoms with Gasteiger partial charge in [-0.3, -0.25) is 13.9 Å². The van der Waals surface area contributed by atoms with E-state index in [2.05, 4.69) is 10.00 Å². The Kier molecular flexibility index (Phi) is 4.50. The van der Waals surface area contributed by atoms with Gasteiger partial charge in [0.1, 0.15) is 4.90 Å². The van der Waals surface area contributed by atoms with Crippen LogP contribution in [0.4, 0.5) is 5.69 Å². The smallest absolute Gasteiger partial charge is 0.267 e. The third-order valence-electron chi connectivity index (χ3n) is 5.15. The fourth-order valence-electron chi connectivity index (χ4n) is 3.89. The first-order chi connectivity index (χ1) is 12.5. The van der Waals surface area contributed by atoms with Crippen molar-refractivity contribution in [3.8, 4) is 0 Å². The van der Waals surface area contributed by atoms with Crippen LogP contribution in [-0.2, 0) is 21.8 Å². The standard InChI is InChI=1S/C18H24N4O3S/c1-14-18(13-20(2)19-14)26(23,24)22-12-15(11-21-7-9-25-10-8-21)16-5-3-4-6-17(16)22/h3-6,13,15H,7-12H2,1-2H3/t15-/m0/s1. The summed E-state index contributed by atoms with van der Waals surface area (Å²) in [6, 6.07) is 7.83. The van der Waals surface area contributed by atoms with Crippen LogP contribution in [0.5, 0.6) is 0 Å². The van der Waals surface area contributed by atoms with Gasteiger partial charge in [-0.15, -0.1) is 0 Å². The summed E-state index contributed by atoms with van der Waals surface area (Å²) in [5.74, 6) is 0.163. The number of rotatable bonds is 4. The lowest BCUT2D eigenvalue weighted by molar-refractivity contribution is 0.0357. The van der Waals surface area contributed by atoms with Crippen LogP contribution in [-0.4, -0.2) is 62.5 Å². The van der Waals surface area contributed by atoms with Gasteiger partial charge in [0.05, 0.1) is 24.6 Å². The third-order valence-corrected chi connectivity index (χ3v) is 7.03. The van der Waals surface area contributed by atoms with Gasteiger partial charge in [0.15, 0.2) is 0 Å². The maximum atomic E-state index is 13.3. The number of morpholine rings is 1. The van der Waals surface area contributed by atoms with Crippen molar-refractivity contribution >= 4 is 15.7 Å². The molecule has 0 bridgehead atoms. The Morgan fingerprint density at radius 3 is 2.65 bits per heavy atom. The van der Waals surface area contributed by atoms with Crippen molar-refractivity contribution < 1.29 is 13.2 Å². The maximum Gasteiger partial charge on any atom is 0.267 e. The lowest BCUT2D eigenvalue weighted by Gasteiger charge is -2.29. The monoisotopic (exact) mass is 376 g/mol. The topological polar surface area (TPSA) is 67.7 Å². The lowest BCUT2D eigenvalue weighted by Crippen LogP contribution is -2.40. The van der Waals surface area contributed by atoms with E-state index in [9.17, 15) is 8.42 Å². The Morgan fingerprint density at radius 1 is 1.23 bits per heavy atom. The van der Waals surface area contributed by atoms with Gasteiger partial charge < -0.3 is 4.74 Å². The number of sulfonamides is 1. The second-order valence-corrected chi connectivity index (χ2v) is 8.79. The minimum Gasteiger partial charge on any atom is -0.379 e. The van der Waals surface area contributed by atoms with Crippen LogP contribution in [0.2, 0.25) is 0 Å². The molecule has 4 rings (SSSR count). The molecule has 1 fully saturated rings. The Hall–Kier alpha value is -1.90. The van der Waals surface area contributed by atoms with Gasteiger partial charge in [-0.1, -0.05) is 18.2 Å². The van der Waals surface area contributed by atoms with E-state index in [0.717, 1.165) is 44.1 Å². The first-order valence-electron chi connectivity index (χ1n) is 8.89. The molecule has 0 saturated carbocycles. The molecule has 26 heavy (non-hydrogen) atoms. The molecule has 0 aliphatic carbocycles. The Morgan fingerprint density at radius 2 is 1.96 bits per heavy atom. The molecule has 2 aliphatic heterocycles. The number of ether oxygens (including phenoxy) is 1. The third kappa shape index (κ3) is 3.02. The Balaban J connectivity index is 1.66. The minimum atomic E-state index is -3.63. The highest BCUT2D eigenvalue weighted by Gasteiger charge is 2.38. The first-order valence-corrected chi connectivity index (χ1v) is 10.3. The van der Waals surface area contributed by atoms with Crippen LogP contribution >= 0.6 is 0 Å². The molecule has 2 aliphatic rings. The predicted octanol–water partition coefficient (Wildman–Crippen LogP) is 1.35. The highest BCUT2D eigenvalue weighted by atomic mass is 32.2. The first kappa shape index (κ1) is 17.5. The van der Waals surface area contributed by atoms with Gasteiger partial charge in [-0.25, -0.2) is 8.42 Å². The van der Waals surface area contributed by atoms with E-state index in [1.54, 1.807) is 29.2 Å². The largest absolute Gasteiger partial charge is 0.379 e. The van der Waals surface area contributed by atoms with Gasteiger partial charge in [-0.05, 0) is 18.6 Å². The van der Waals surface area contributed by atoms with Gasteiger partial charge in [0, 0.05) is 45.3 Å². The van der Waals surface area contributed by atoms with Crippen molar-refractivity contribution in [2.45, 2.75) is 17.7 Å². The molecule has 1 aromatic carbocycles. The van der Waals surface area contributed by atoms with Crippen LogP contribution in [0.1, 0.15) is 17.2 Å². The van der Waals surface area contributed by atoms with Crippen molar-refractivity contribution in [3.05, 3.63) is 41.7 Å². The van der Waals surface area contributed by atoms with Crippen molar-refractivity contribution in [3.63, 3.8) is 0 Å². The molecule has 1 atom stereocenters. The summed E-state index contributed by atoms with van der Waals surface area (Å²) in [7, 11) is -1.89. The van der Waals surface area contributed by atoms with E-state index in [1.165, 1.54) is 0 Å². The second-order valence-electron chi connectivity index (χ2n) is 6.96. The van der Waals surface area contributed by atoms with Crippen LogP contribution < -0.4 is 4.31 Å². The van der Waals surface area contributed by atoms with E-state index in [-0.39, 0.29) is 10.8 Å². The SMILES string of the molecule is Cc1nn(C)cc1S(=O)(=O)N1C[C@H](CN2CCOCC2)c2ccccc21. The van der Waals surface area contributed by atoms with E-state index in [4.69, 9.17) is 4.74 Å². The molecular formula is C18H24N4O3S. The zero-order valence-electron chi connectivity index (χ0n) is 15.1. The quantitative estimate of drug-likeness (QED) is 0.806. The van der Waals surface area contributed by atoms with Crippen LogP contribution in [0.25, 0.3) is 0 Å². The van der Waals surface area contributed by atoms with Gasteiger partial charge in [-0.2, -0.15) is 5.10 Å². The van der Waals surface area contributed by atoms with Crippen molar-refractivity contribution in [1.82, 2.24) is 14.7 Å². The molecular weight excluding hydrogens is 352 g/mol. The summed E-state index contributed by atoms with van der Waals surface area (Å²) in [6.45, 7) is 6.32. The highest BCUT2D eigenvalue weighted by Crippen LogP contribution is 2.40. The molecule has 1 saturated heterocycles. The second kappa shape index (κ2) is 6.68. The van der Waals surface area contributed by atoms with Crippen LogP contribution in [0.3, 0.4) is 0 Å². The Labute approximate surface area is 154 Å². The number of aromatic nitrogens is 2. The van der Waals surface area contributed by atoms with Gasteiger partial charge in [0.2, 0.25) is 0 Å². The summed E-state index contributed by atoms with van der Waals surface area (Å²) < 4.78 is 35.1. The van der Waals surface area contributed by atoms with Gasteiger partial charge >= 0.3 is 0 Å². The van der Waals surface area contributed by atoms with E-state index >= 15 is 0 Å². The number of benzene rings is 1. The van der Waals surface area contributed by atoms with Crippen LogP contribution in [0.15, 0.2) is 35.4 Å². The van der Waals surface area contributed by atoms with E-state index in [1.807, 2.05) is 24.3 Å². The fraction of sp³-hybridized carbons (Fsp3) is 0.500. The predicted molar refractivity (Wildman–Crippen MR) is 98.9 cm³/mol. The number of aryl methyl sites for hydroxylation is 2. The van der Waals surface area contributed by atoms with Gasteiger partial charge in [0.25, 0.3) is 10.0 Å². The lowest BCUT2D eigenvalue weighted by atomic mass is 10.0. The molecule has 0 amide bonds. The number of anilines is 1. The summed E-state index contributed by atoms with van der Waals surface area (Å²) >= 11 is 0. The number of para-hydroxylation sites is 1. The summed E-state index contributed by atoms with van der Waals surface area (Å²) in [5, 5.41) is 4.21. The molecule has 0 radical (unpaired) electrons. The molecule has 8 heteroatoms. The number of fused-ring (bicyclic) bond motifs is 1. The summed E-state index contributed by atoms with van der Waals surface area (Å²) in [4.78, 5) is 2.64. The maximum absolute atomic E-state index is 13.3. The molecule has 7 nitrogen and oxygen atoms in total. The zero-order chi connectivity index (χ0) is 18.3. The van der Waals surface area contributed by atoms with Crippen molar-refractivity contribution in [2.24, 2.45) is 7.05 Å². The number of hydrogen-bond donors (Lipinski definition) is 0. The average molecular weight is 376 g/mol. The molecule has 0 spiro atoms. The average Bonchev–Trinajstić information content (AvgIpc) is 3.17. The molecule has 0 unspecified atom stereocenters. The number of hydrogen-bond acceptors (Lipinski definition) is 5. The Bertz CT molecular complexity index is 903. The molecule has 2 aromatic rings. The molecule has 0 N–H and O–H groups in total. The summed E-state index contributed by atoms with van der Waals surface area (Å²) in [6.07, 6.45) is 1.59. The van der Waals surface area contributed by atoms with E-state index < -0.39 is 10.0 Å². The van der Waals surface area contributed by atoms with E-state index in [0.29, 0.717) is 12.2 Å². The van der Waals surface area contributed by atoms with Crippen LogP contribution in [0, 0.1) is 6.92 Å². The van der Waals surface area contributed by atoms with Crippen molar-refractivity contribution in [1.29, 1.82) is 0 Å². The molecule has 1 aromatic heterocycles. The normalized spacial score (nSPS) is 21.2. The highest BCUT2D eigenvalue weighted by molar-refractivity contribution is 7.93. The molecule has 140 valence electrons. The zero-order valence-corrected chi connectivity index (χ0v) is 15.9. The molecule has 3 heterocycles. The number of nitrogens with zero attached hydrogens (tertiary/aromatic N) is 4. The fourth-order valence-corrected chi connectivity index (χ4v) is 5.62.